The van der Waals surface area contributed by atoms with Crippen molar-refractivity contribution in [2.75, 3.05) is 19.2 Å². The molecule has 1 heterocycles. The Balaban J connectivity index is 1.97. The van der Waals surface area contributed by atoms with Crippen LogP contribution in [0.15, 0.2) is 48.0 Å². The van der Waals surface area contributed by atoms with Crippen LogP contribution < -0.4 is 24.6 Å². The first-order valence-electron chi connectivity index (χ1n) is 8.93. The minimum Gasteiger partial charge on any atom is -0.493 e. The topological polar surface area (TPSA) is 114 Å². The molecule has 0 spiro atoms. The summed E-state index contributed by atoms with van der Waals surface area (Å²) >= 11 is 0. The van der Waals surface area contributed by atoms with Gasteiger partial charge in [-0.1, -0.05) is 18.2 Å². The molecular formula is C21H20N2O7. The number of hydrogen-bond acceptors (Lipinski definition) is 6. The fourth-order valence-corrected chi connectivity index (χ4v) is 2.81. The Labute approximate surface area is 172 Å². The third-order valence-corrected chi connectivity index (χ3v) is 4.34. The molecule has 0 saturated carbocycles. The summed E-state index contributed by atoms with van der Waals surface area (Å²) in [4.78, 5) is 36.2. The molecular weight excluding hydrogens is 392 g/mol. The minimum atomic E-state index is -1.15. The highest BCUT2D eigenvalue weighted by molar-refractivity contribution is 6.31. The van der Waals surface area contributed by atoms with Crippen LogP contribution in [0.5, 0.6) is 17.2 Å². The highest BCUT2D eigenvalue weighted by Gasteiger charge is 2.34. The SMILES string of the molecule is COc1cc(C=C2C(=O)NN(c3ccccc3)C2=O)cc(OC)c1OC(C)C(=O)O. The fraction of sp³-hybridized carbons (Fsp3) is 0.190. The number of nitrogens with one attached hydrogen (secondary N) is 1. The molecule has 0 bridgehead atoms. The van der Waals surface area contributed by atoms with E-state index >= 15 is 0 Å². The molecule has 0 aromatic heterocycles. The number of para-hydroxylation sites is 1. The van der Waals surface area contributed by atoms with Gasteiger partial charge in [-0.05, 0) is 42.8 Å². The summed E-state index contributed by atoms with van der Waals surface area (Å²) in [5, 5.41) is 10.3. The number of amides is 2. The zero-order valence-corrected chi connectivity index (χ0v) is 16.5. The molecule has 156 valence electrons. The number of nitrogens with zero attached hydrogens (tertiary/aromatic N) is 1. The number of hydrazine groups is 1. The van der Waals surface area contributed by atoms with Gasteiger partial charge in [-0.15, -0.1) is 0 Å². The molecule has 0 aliphatic carbocycles. The lowest BCUT2D eigenvalue weighted by atomic mass is 10.1. The number of hydrogen-bond donors (Lipinski definition) is 2. The van der Waals surface area contributed by atoms with E-state index in [1.54, 1.807) is 30.3 Å². The monoisotopic (exact) mass is 412 g/mol. The van der Waals surface area contributed by atoms with E-state index in [0.29, 0.717) is 11.3 Å². The van der Waals surface area contributed by atoms with Crippen LogP contribution in [0, 0.1) is 0 Å². The molecule has 1 atom stereocenters. The van der Waals surface area contributed by atoms with Gasteiger partial charge in [-0.3, -0.25) is 15.0 Å². The number of benzene rings is 2. The normalized spacial score (nSPS) is 15.7. The van der Waals surface area contributed by atoms with Gasteiger partial charge in [0, 0.05) is 0 Å². The summed E-state index contributed by atoms with van der Waals surface area (Å²) in [5.41, 5.74) is 3.41. The molecule has 9 heteroatoms. The third-order valence-electron chi connectivity index (χ3n) is 4.34. The maximum atomic E-state index is 12.7. The maximum Gasteiger partial charge on any atom is 0.344 e. The van der Waals surface area contributed by atoms with E-state index in [0.717, 1.165) is 5.01 Å². The molecule has 1 saturated heterocycles. The van der Waals surface area contributed by atoms with Crippen molar-refractivity contribution >= 4 is 29.5 Å². The average Bonchev–Trinajstić information content (AvgIpc) is 3.03. The van der Waals surface area contributed by atoms with Crippen LogP contribution in [0.3, 0.4) is 0 Å². The van der Waals surface area contributed by atoms with Crippen LogP contribution in [0.2, 0.25) is 0 Å². The zero-order chi connectivity index (χ0) is 21.8. The predicted octanol–water partition coefficient (Wildman–Crippen LogP) is 2.02. The van der Waals surface area contributed by atoms with E-state index in [4.69, 9.17) is 19.3 Å². The van der Waals surface area contributed by atoms with Gasteiger partial charge in [-0.25, -0.2) is 9.80 Å². The number of aliphatic carboxylic acids is 1. The first-order chi connectivity index (χ1) is 14.3. The zero-order valence-electron chi connectivity index (χ0n) is 16.5. The Morgan fingerprint density at radius 3 is 2.23 bits per heavy atom. The lowest BCUT2D eigenvalue weighted by molar-refractivity contribution is -0.144. The van der Waals surface area contributed by atoms with Crippen LogP contribution in [0.4, 0.5) is 5.69 Å². The van der Waals surface area contributed by atoms with Gasteiger partial charge in [0.1, 0.15) is 5.57 Å². The molecule has 2 aromatic rings. The van der Waals surface area contributed by atoms with Gasteiger partial charge >= 0.3 is 5.97 Å². The Bertz CT molecular complexity index is 992. The van der Waals surface area contributed by atoms with E-state index in [1.807, 2.05) is 0 Å². The molecule has 2 amide bonds. The molecule has 1 aliphatic rings. The van der Waals surface area contributed by atoms with Crippen molar-refractivity contribution in [2.45, 2.75) is 13.0 Å². The number of carbonyl (C=O) groups is 3. The van der Waals surface area contributed by atoms with Gasteiger partial charge < -0.3 is 19.3 Å². The quantitative estimate of drug-likeness (QED) is 0.528. The standard InChI is InChI=1S/C21H20N2O7/c1-12(21(26)27)30-18-16(28-2)10-13(11-17(18)29-3)9-15-19(24)22-23(20(15)25)14-7-5-4-6-8-14/h4-12H,1-3H3,(H,22,24)(H,26,27). The summed E-state index contributed by atoms with van der Waals surface area (Å²) < 4.78 is 16.0. The number of carbonyl (C=O) groups excluding carboxylic acids is 2. The fourth-order valence-electron chi connectivity index (χ4n) is 2.81. The average molecular weight is 412 g/mol. The lowest BCUT2D eigenvalue weighted by Gasteiger charge is -2.17. The largest absolute Gasteiger partial charge is 0.493 e. The van der Waals surface area contributed by atoms with Crippen molar-refractivity contribution in [1.82, 2.24) is 5.43 Å². The summed E-state index contributed by atoms with van der Waals surface area (Å²) in [6.07, 6.45) is 0.259. The van der Waals surface area contributed by atoms with Crippen LogP contribution >= 0.6 is 0 Å². The third kappa shape index (κ3) is 4.04. The molecule has 0 radical (unpaired) electrons. The summed E-state index contributed by atoms with van der Waals surface area (Å²) in [7, 11) is 2.77. The molecule has 1 unspecified atom stereocenters. The molecule has 9 nitrogen and oxygen atoms in total. The van der Waals surface area contributed by atoms with E-state index < -0.39 is 23.9 Å². The molecule has 1 aliphatic heterocycles. The molecule has 30 heavy (non-hydrogen) atoms. The van der Waals surface area contributed by atoms with E-state index in [-0.39, 0.29) is 22.8 Å². The van der Waals surface area contributed by atoms with Gasteiger partial charge in [0.25, 0.3) is 11.8 Å². The van der Waals surface area contributed by atoms with Gasteiger partial charge in [0.2, 0.25) is 5.75 Å². The number of anilines is 1. The second kappa shape index (κ2) is 8.56. The summed E-state index contributed by atoms with van der Waals surface area (Å²) in [6.45, 7) is 1.37. The lowest BCUT2D eigenvalue weighted by Crippen LogP contribution is -2.35. The first kappa shape index (κ1) is 20.7. The van der Waals surface area contributed by atoms with Gasteiger partial charge in [-0.2, -0.15) is 0 Å². The number of carboxylic acid groups (broad SMARTS) is 1. The summed E-state index contributed by atoms with van der Waals surface area (Å²) in [5.74, 6) is -1.73. The highest BCUT2D eigenvalue weighted by atomic mass is 16.6. The number of carboxylic acids is 1. The molecule has 2 aromatic carbocycles. The minimum absolute atomic E-state index is 0.0736. The smallest absolute Gasteiger partial charge is 0.344 e. The van der Waals surface area contributed by atoms with Crippen molar-refractivity contribution in [3.05, 3.63) is 53.6 Å². The van der Waals surface area contributed by atoms with Crippen molar-refractivity contribution in [3.8, 4) is 17.2 Å². The van der Waals surface area contributed by atoms with Crippen molar-refractivity contribution in [2.24, 2.45) is 0 Å². The van der Waals surface area contributed by atoms with Crippen molar-refractivity contribution in [3.63, 3.8) is 0 Å². The second-order valence-electron chi connectivity index (χ2n) is 6.33. The number of methoxy groups -OCH3 is 2. The molecule has 1 fully saturated rings. The van der Waals surface area contributed by atoms with Crippen LogP contribution in [-0.4, -0.2) is 43.2 Å². The van der Waals surface area contributed by atoms with E-state index in [1.165, 1.54) is 39.4 Å². The summed E-state index contributed by atoms with van der Waals surface area (Å²) in [6, 6.07) is 11.7. The predicted molar refractivity (Wildman–Crippen MR) is 107 cm³/mol. The van der Waals surface area contributed by atoms with E-state index in [2.05, 4.69) is 5.43 Å². The Morgan fingerprint density at radius 2 is 1.70 bits per heavy atom. The first-order valence-corrected chi connectivity index (χ1v) is 8.93. The van der Waals surface area contributed by atoms with E-state index in [9.17, 15) is 14.4 Å². The Morgan fingerprint density at radius 1 is 1.10 bits per heavy atom. The number of ether oxygens (including phenoxy) is 3. The van der Waals surface area contributed by atoms with Crippen LogP contribution in [0.1, 0.15) is 12.5 Å². The van der Waals surface area contributed by atoms with Crippen molar-refractivity contribution < 1.29 is 33.7 Å². The van der Waals surface area contributed by atoms with Crippen LogP contribution in [-0.2, 0) is 14.4 Å². The maximum absolute atomic E-state index is 12.7. The van der Waals surface area contributed by atoms with Gasteiger partial charge in [0.15, 0.2) is 17.6 Å². The van der Waals surface area contributed by atoms with Gasteiger partial charge in [0.05, 0.1) is 19.9 Å². The second-order valence-corrected chi connectivity index (χ2v) is 6.33. The molecule has 3 rings (SSSR count). The number of rotatable bonds is 7. The Kier molecular flexibility index (Phi) is 5.91. The molecule has 2 N–H and O–H groups in total. The highest BCUT2D eigenvalue weighted by Crippen LogP contribution is 2.40. The van der Waals surface area contributed by atoms with Crippen LogP contribution in [0.25, 0.3) is 6.08 Å². The van der Waals surface area contributed by atoms with Crippen molar-refractivity contribution in [1.29, 1.82) is 0 Å². The Hall–Kier alpha value is -4.01.